The highest BCUT2D eigenvalue weighted by molar-refractivity contribution is 8.27. The summed E-state index contributed by atoms with van der Waals surface area (Å²) in [6, 6.07) is 21.4. The molecule has 2 aliphatic rings. The third-order valence-electron chi connectivity index (χ3n) is 5.90. The zero-order chi connectivity index (χ0) is 25.7. The van der Waals surface area contributed by atoms with E-state index in [0.29, 0.717) is 19.2 Å². The van der Waals surface area contributed by atoms with Gasteiger partial charge in [-0.2, -0.15) is 10.1 Å². The highest BCUT2D eigenvalue weighted by Crippen LogP contribution is 2.47. The maximum atomic E-state index is 11.1. The largest absolute Gasteiger partial charge is 0.497 e. The number of amidine groups is 1. The van der Waals surface area contributed by atoms with Gasteiger partial charge in [0, 0.05) is 28.4 Å². The molecule has 0 N–H and O–H groups in total. The predicted octanol–water partition coefficient (Wildman–Crippen LogP) is 7.21. The van der Waals surface area contributed by atoms with Crippen molar-refractivity contribution in [2.24, 2.45) is 10.1 Å². The van der Waals surface area contributed by atoms with Crippen LogP contribution in [0.3, 0.4) is 0 Å². The molecule has 3 heterocycles. The number of hydrogen-bond acceptors (Lipinski definition) is 9. The van der Waals surface area contributed by atoms with Crippen LogP contribution in [0, 0.1) is 14.1 Å². The summed E-state index contributed by atoms with van der Waals surface area (Å²) in [6.45, 7) is 0. The molecule has 1 aromatic heterocycles. The van der Waals surface area contributed by atoms with Crippen molar-refractivity contribution < 1.29 is 9.66 Å². The van der Waals surface area contributed by atoms with Crippen LogP contribution in [0.5, 0.6) is 5.75 Å². The highest BCUT2D eigenvalue weighted by atomic mass is 35.5. The Hall–Kier alpha value is -3.51. The average Bonchev–Trinajstić information content (AvgIpc) is 3.49. The van der Waals surface area contributed by atoms with Crippen molar-refractivity contribution in [1.82, 2.24) is 4.57 Å². The lowest BCUT2D eigenvalue weighted by Gasteiger charge is -2.26. The Bertz CT molecular complexity index is 1650. The lowest BCUT2D eigenvalue weighted by Crippen LogP contribution is -2.27. The molecule has 0 fully saturated rings. The Morgan fingerprint density at radius 1 is 1.05 bits per heavy atom. The van der Waals surface area contributed by atoms with Crippen molar-refractivity contribution in [2.45, 2.75) is 6.04 Å². The number of thiazole rings is 1. The number of nitrogens with zero attached hydrogens (tertiary/aromatic N) is 5. The van der Waals surface area contributed by atoms with Crippen molar-refractivity contribution in [3.63, 3.8) is 0 Å². The molecule has 1 unspecified atom stereocenters. The number of hydrazone groups is 1. The van der Waals surface area contributed by atoms with Crippen molar-refractivity contribution >= 4 is 68.6 Å². The number of methoxy groups -OCH3 is 1. The molecule has 1 atom stereocenters. The molecule has 0 spiro atoms. The van der Waals surface area contributed by atoms with Gasteiger partial charge in [0.1, 0.15) is 16.8 Å². The van der Waals surface area contributed by atoms with Crippen molar-refractivity contribution in [3.05, 3.63) is 108 Å². The Morgan fingerprint density at radius 2 is 1.76 bits per heavy atom. The van der Waals surface area contributed by atoms with Gasteiger partial charge in [-0.15, -0.1) is 11.3 Å². The third-order valence-corrected chi connectivity index (χ3v) is 8.54. The second kappa shape index (κ2) is 9.42. The second-order valence-electron chi connectivity index (χ2n) is 8.08. The molecule has 6 rings (SSSR count). The molecule has 4 aromatic rings. The van der Waals surface area contributed by atoms with Crippen LogP contribution >= 0.6 is 46.9 Å². The summed E-state index contributed by atoms with van der Waals surface area (Å²) in [5, 5.41) is 19.8. The molecule has 8 nitrogen and oxygen atoms in total. The van der Waals surface area contributed by atoms with E-state index in [4.69, 9.17) is 38.6 Å². The van der Waals surface area contributed by atoms with Crippen molar-refractivity contribution in [3.8, 4) is 11.4 Å². The summed E-state index contributed by atoms with van der Waals surface area (Å²) in [7, 11) is 1.63. The van der Waals surface area contributed by atoms with E-state index in [1.54, 1.807) is 24.3 Å². The monoisotopic (exact) mass is 565 g/mol. The molecule has 0 aliphatic carbocycles. The van der Waals surface area contributed by atoms with E-state index < -0.39 is 4.92 Å². The SMILES string of the molecule is COc1ccc(C2N=C3SC(c4ccc([N+](=O)[O-])cc4)=NN3c3c2sc(=S)n3-c2ccc(Cl)cc2)cc1. The molecule has 3 aromatic carbocycles. The van der Waals surface area contributed by atoms with E-state index in [1.807, 2.05) is 53.1 Å². The lowest BCUT2D eigenvalue weighted by molar-refractivity contribution is -0.384. The Labute approximate surface area is 229 Å². The number of aromatic nitrogens is 1. The van der Waals surface area contributed by atoms with Crippen LogP contribution in [0.25, 0.3) is 5.69 Å². The minimum Gasteiger partial charge on any atom is -0.497 e. The number of fused-ring (bicyclic) bond motifs is 3. The average molecular weight is 566 g/mol. The Kier molecular flexibility index (Phi) is 6.07. The summed E-state index contributed by atoms with van der Waals surface area (Å²) in [6.07, 6.45) is 0. The normalized spacial score (nSPS) is 16.1. The number of nitro groups is 1. The van der Waals surface area contributed by atoms with Crippen LogP contribution in [0.1, 0.15) is 22.0 Å². The number of anilines is 1. The molecule has 37 heavy (non-hydrogen) atoms. The van der Waals surface area contributed by atoms with Gasteiger partial charge in [0.2, 0.25) is 0 Å². The van der Waals surface area contributed by atoms with Crippen LogP contribution in [0.2, 0.25) is 5.02 Å². The maximum absolute atomic E-state index is 11.1. The highest BCUT2D eigenvalue weighted by Gasteiger charge is 2.38. The van der Waals surface area contributed by atoms with Gasteiger partial charge in [-0.25, -0.2) is 4.99 Å². The Balaban J connectivity index is 1.50. The summed E-state index contributed by atoms with van der Waals surface area (Å²) in [4.78, 5) is 16.7. The number of hydrogen-bond donors (Lipinski definition) is 0. The standard InChI is InChI=1S/C25H16ClN5O3S3/c1-34-19-12-4-14(5-13-19)20-21-23(29(25(35)36-21)17-10-6-16(26)7-11-17)30-24(27-20)37-22(28-30)15-2-8-18(9-3-15)31(32)33/h2-13,20H,1H3. The van der Waals surface area contributed by atoms with Gasteiger partial charge >= 0.3 is 0 Å². The molecule has 0 radical (unpaired) electrons. The molecule has 12 heteroatoms. The lowest BCUT2D eigenvalue weighted by atomic mass is 10.0. The molecular weight excluding hydrogens is 550 g/mol. The predicted molar refractivity (Wildman–Crippen MR) is 151 cm³/mol. The first-order valence-electron chi connectivity index (χ1n) is 11.0. The van der Waals surface area contributed by atoms with E-state index in [-0.39, 0.29) is 11.7 Å². The minimum atomic E-state index is -0.419. The Morgan fingerprint density at radius 3 is 2.41 bits per heavy atom. The molecule has 0 saturated heterocycles. The molecular formula is C25H16ClN5O3S3. The third kappa shape index (κ3) is 4.23. The fourth-order valence-electron chi connectivity index (χ4n) is 4.10. The van der Waals surface area contributed by atoms with Crippen LogP contribution in [0.15, 0.2) is 82.9 Å². The van der Waals surface area contributed by atoms with E-state index in [0.717, 1.165) is 33.3 Å². The first-order valence-corrected chi connectivity index (χ1v) is 13.4. The smallest absolute Gasteiger partial charge is 0.269 e. The van der Waals surface area contributed by atoms with Crippen LogP contribution < -0.4 is 9.75 Å². The van der Waals surface area contributed by atoms with Gasteiger partial charge in [-0.1, -0.05) is 23.7 Å². The summed E-state index contributed by atoms with van der Waals surface area (Å²) < 4.78 is 7.98. The molecule has 184 valence electrons. The number of rotatable bonds is 5. The fraction of sp³-hybridized carbons (Fsp3) is 0.0800. The van der Waals surface area contributed by atoms with Gasteiger partial charge < -0.3 is 4.74 Å². The van der Waals surface area contributed by atoms with Gasteiger partial charge in [-0.05, 0) is 78.1 Å². The van der Waals surface area contributed by atoms with E-state index in [9.17, 15) is 10.1 Å². The molecule has 0 saturated carbocycles. The number of thioether (sulfide) groups is 1. The summed E-state index contributed by atoms with van der Waals surface area (Å²) in [5.74, 6) is 1.58. The molecule has 0 amide bonds. The van der Waals surface area contributed by atoms with Crippen molar-refractivity contribution in [2.75, 3.05) is 12.1 Å². The number of non-ortho nitro benzene ring substituents is 1. The van der Waals surface area contributed by atoms with Crippen LogP contribution in [-0.4, -0.2) is 26.8 Å². The zero-order valence-corrected chi connectivity index (χ0v) is 22.3. The maximum Gasteiger partial charge on any atom is 0.269 e. The molecule has 0 bridgehead atoms. The number of halogens is 1. The summed E-state index contributed by atoms with van der Waals surface area (Å²) in [5.41, 5.74) is 2.66. The number of aliphatic imine (C=N–C) groups is 1. The summed E-state index contributed by atoms with van der Waals surface area (Å²) >= 11 is 14.9. The fourth-order valence-corrected chi connectivity index (χ4v) is 6.65. The number of ether oxygens (including phenoxy) is 1. The second-order valence-corrected chi connectivity index (χ2v) is 11.1. The number of nitro benzene ring substituents is 1. The van der Waals surface area contributed by atoms with Gasteiger partial charge in [0.15, 0.2) is 14.9 Å². The quantitative estimate of drug-likeness (QED) is 0.144. The minimum absolute atomic E-state index is 0.0263. The topological polar surface area (TPSA) is 85.3 Å². The van der Waals surface area contributed by atoms with E-state index in [1.165, 1.54) is 35.2 Å². The number of benzene rings is 3. The first-order chi connectivity index (χ1) is 17.9. The van der Waals surface area contributed by atoms with E-state index in [2.05, 4.69) is 0 Å². The van der Waals surface area contributed by atoms with Gasteiger partial charge in [-0.3, -0.25) is 14.7 Å². The molecule has 2 aliphatic heterocycles. The van der Waals surface area contributed by atoms with Gasteiger partial charge in [0.25, 0.3) is 5.69 Å². The van der Waals surface area contributed by atoms with Gasteiger partial charge in [0.05, 0.1) is 16.9 Å². The van der Waals surface area contributed by atoms with Crippen LogP contribution in [-0.2, 0) is 0 Å². The first kappa shape index (κ1) is 23.9. The zero-order valence-electron chi connectivity index (χ0n) is 19.1. The van der Waals surface area contributed by atoms with Crippen LogP contribution in [0.4, 0.5) is 11.5 Å². The van der Waals surface area contributed by atoms with Crippen molar-refractivity contribution in [1.29, 1.82) is 0 Å². The van der Waals surface area contributed by atoms with E-state index >= 15 is 0 Å².